The van der Waals surface area contributed by atoms with Gasteiger partial charge < -0.3 is 14.5 Å². The van der Waals surface area contributed by atoms with E-state index in [1.165, 1.54) is 13.5 Å². The Balaban J connectivity index is 1.54. The van der Waals surface area contributed by atoms with E-state index in [2.05, 4.69) is 4.98 Å². The Morgan fingerprint density at radius 2 is 2.00 bits per heavy atom. The molecule has 0 radical (unpaired) electrons. The monoisotopic (exact) mass is 343 g/mol. The molecule has 6 heteroatoms. The van der Waals surface area contributed by atoms with E-state index in [0.717, 1.165) is 38.8 Å². The molecule has 0 N–H and O–H groups in total. The molecule has 0 spiro atoms. The number of pyridine rings is 1. The largest absolute Gasteiger partial charge is 0.480 e. The van der Waals surface area contributed by atoms with Gasteiger partial charge in [0.1, 0.15) is 5.56 Å². The zero-order valence-electron chi connectivity index (χ0n) is 14.7. The molecule has 4 fully saturated rings. The van der Waals surface area contributed by atoms with Crippen molar-refractivity contribution >= 4 is 11.8 Å². The second kappa shape index (κ2) is 6.65. The summed E-state index contributed by atoms with van der Waals surface area (Å²) in [7, 11) is 1.53. The lowest BCUT2D eigenvalue weighted by molar-refractivity contribution is -0.138. The number of nitrogens with zero attached hydrogens (tertiary/aromatic N) is 3. The number of amides is 2. The SMILES string of the molecule is COc1ncccc1C(=O)N1CC2CCC1CN(C(=O)C1CCC1)C2. The van der Waals surface area contributed by atoms with Crippen molar-refractivity contribution in [3.8, 4) is 5.88 Å². The number of hydrogen-bond donors (Lipinski definition) is 0. The summed E-state index contributed by atoms with van der Waals surface area (Å²) in [5.41, 5.74) is 0.509. The fraction of sp³-hybridized carbons (Fsp3) is 0.632. The molecule has 4 aliphatic rings. The Kier molecular flexibility index (Phi) is 4.36. The summed E-state index contributed by atoms with van der Waals surface area (Å²) in [5.74, 6) is 1.23. The molecule has 4 heterocycles. The van der Waals surface area contributed by atoms with Crippen molar-refractivity contribution in [2.45, 2.75) is 38.1 Å². The van der Waals surface area contributed by atoms with Crippen LogP contribution >= 0.6 is 0 Å². The smallest absolute Gasteiger partial charge is 0.259 e. The maximum atomic E-state index is 13.1. The molecular weight excluding hydrogens is 318 g/mol. The number of hydrogen-bond acceptors (Lipinski definition) is 4. The highest BCUT2D eigenvalue weighted by atomic mass is 16.5. The number of rotatable bonds is 3. The quantitative estimate of drug-likeness (QED) is 0.842. The Morgan fingerprint density at radius 3 is 2.72 bits per heavy atom. The highest BCUT2D eigenvalue weighted by Gasteiger charge is 2.41. The predicted octanol–water partition coefficient (Wildman–Crippen LogP) is 1.95. The summed E-state index contributed by atoms with van der Waals surface area (Å²) in [6.07, 6.45) is 6.91. The van der Waals surface area contributed by atoms with Gasteiger partial charge in [0.05, 0.1) is 7.11 Å². The summed E-state index contributed by atoms with van der Waals surface area (Å²) in [6.45, 7) is 2.18. The molecule has 2 bridgehead atoms. The standard InChI is InChI=1S/C19H25N3O3/c1-25-17-16(6-3-9-20-17)19(24)22-11-13-7-8-15(22)12-21(10-13)18(23)14-4-2-5-14/h3,6,9,13-15H,2,4-5,7-8,10-12H2,1H3. The highest BCUT2D eigenvalue weighted by Crippen LogP contribution is 2.34. The Labute approximate surface area is 148 Å². The molecule has 1 aromatic rings. The van der Waals surface area contributed by atoms with E-state index < -0.39 is 0 Å². The first-order valence-corrected chi connectivity index (χ1v) is 9.26. The van der Waals surface area contributed by atoms with Crippen LogP contribution in [0.1, 0.15) is 42.5 Å². The number of fused-ring (bicyclic) bond motifs is 4. The average Bonchev–Trinajstić information content (AvgIpc) is 2.91. The zero-order chi connectivity index (χ0) is 17.4. The van der Waals surface area contributed by atoms with E-state index in [9.17, 15) is 9.59 Å². The second-order valence-electron chi connectivity index (χ2n) is 7.49. The topological polar surface area (TPSA) is 62.7 Å². The van der Waals surface area contributed by atoms with Gasteiger partial charge in [0, 0.05) is 37.8 Å². The van der Waals surface area contributed by atoms with Crippen molar-refractivity contribution in [2.24, 2.45) is 11.8 Å². The van der Waals surface area contributed by atoms with E-state index in [-0.39, 0.29) is 17.9 Å². The van der Waals surface area contributed by atoms with Crippen LogP contribution in [0.15, 0.2) is 18.3 Å². The van der Waals surface area contributed by atoms with Gasteiger partial charge in [-0.25, -0.2) is 4.98 Å². The lowest BCUT2D eigenvalue weighted by Crippen LogP contribution is -2.48. The van der Waals surface area contributed by atoms with E-state index in [1.807, 2.05) is 9.80 Å². The molecule has 2 amide bonds. The van der Waals surface area contributed by atoms with Crippen LogP contribution in [-0.4, -0.2) is 59.4 Å². The zero-order valence-corrected chi connectivity index (χ0v) is 14.7. The summed E-state index contributed by atoms with van der Waals surface area (Å²) in [5, 5.41) is 0. The predicted molar refractivity (Wildman–Crippen MR) is 92.3 cm³/mol. The van der Waals surface area contributed by atoms with Crippen LogP contribution in [0.2, 0.25) is 0 Å². The molecule has 25 heavy (non-hydrogen) atoms. The maximum absolute atomic E-state index is 13.1. The number of piperidine rings is 1. The highest BCUT2D eigenvalue weighted by molar-refractivity contribution is 5.96. The van der Waals surface area contributed by atoms with Crippen LogP contribution in [0.4, 0.5) is 0 Å². The van der Waals surface area contributed by atoms with Crippen molar-refractivity contribution in [3.63, 3.8) is 0 Å². The molecule has 3 saturated heterocycles. The third kappa shape index (κ3) is 2.98. The fourth-order valence-corrected chi connectivity index (χ4v) is 4.29. The Morgan fingerprint density at radius 1 is 1.16 bits per heavy atom. The van der Waals surface area contributed by atoms with Gasteiger partial charge in [-0.2, -0.15) is 0 Å². The van der Waals surface area contributed by atoms with Crippen molar-refractivity contribution in [1.82, 2.24) is 14.8 Å². The minimum Gasteiger partial charge on any atom is -0.480 e. The molecule has 0 aromatic carbocycles. The second-order valence-corrected chi connectivity index (χ2v) is 7.49. The summed E-state index contributed by atoms with van der Waals surface area (Å²) >= 11 is 0. The van der Waals surface area contributed by atoms with Gasteiger partial charge in [-0.15, -0.1) is 0 Å². The van der Waals surface area contributed by atoms with Crippen LogP contribution in [0.5, 0.6) is 5.88 Å². The number of carbonyl (C=O) groups is 2. The molecule has 5 rings (SSSR count). The molecule has 134 valence electrons. The van der Waals surface area contributed by atoms with Gasteiger partial charge >= 0.3 is 0 Å². The number of carbonyl (C=O) groups excluding carboxylic acids is 2. The average molecular weight is 343 g/mol. The number of methoxy groups -OCH3 is 1. The van der Waals surface area contributed by atoms with Crippen LogP contribution in [0.3, 0.4) is 0 Å². The fourth-order valence-electron chi connectivity index (χ4n) is 4.29. The van der Waals surface area contributed by atoms with Crippen molar-refractivity contribution in [2.75, 3.05) is 26.7 Å². The third-order valence-corrected chi connectivity index (χ3v) is 5.94. The van der Waals surface area contributed by atoms with Crippen molar-refractivity contribution < 1.29 is 14.3 Å². The number of ether oxygens (including phenoxy) is 1. The van der Waals surface area contributed by atoms with E-state index in [0.29, 0.717) is 29.8 Å². The first kappa shape index (κ1) is 16.4. The lowest BCUT2D eigenvalue weighted by atomic mass is 9.84. The van der Waals surface area contributed by atoms with Crippen LogP contribution in [-0.2, 0) is 4.79 Å². The first-order valence-electron chi connectivity index (χ1n) is 9.26. The van der Waals surface area contributed by atoms with Gasteiger partial charge in [-0.1, -0.05) is 6.42 Å². The molecule has 1 saturated carbocycles. The third-order valence-electron chi connectivity index (χ3n) is 5.94. The number of aromatic nitrogens is 1. The van der Waals surface area contributed by atoms with Gasteiger partial charge in [0.2, 0.25) is 11.8 Å². The Hall–Kier alpha value is -2.11. The lowest BCUT2D eigenvalue weighted by Gasteiger charge is -2.36. The van der Waals surface area contributed by atoms with Gasteiger partial charge in [-0.05, 0) is 43.7 Å². The van der Waals surface area contributed by atoms with Gasteiger partial charge in [-0.3, -0.25) is 9.59 Å². The molecule has 1 aromatic heterocycles. The van der Waals surface area contributed by atoms with E-state index >= 15 is 0 Å². The summed E-state index contributed by atoms with van der Waals surface area (Å²) in [6, 6.07) is 3.63. The summed E-state index contributed by atoms with van der Waals surface area (Å²) < 4.78 is 5.26. The van der Waals surface area contributed by atoms with Crippen molar-refractivity contribution in [1.29, 1.82) is 0 Å². The van der Waals surface area contributed by atoms with E-state index in [4.69, 9.17) is 4.74 Å². The normalized spacial score (nSPS) is 26.1. The maximum Gasteiger partial charge on any atom is 0.259 e. The molecule has 3 aliphatic heterocycles. The van der Waals surface area contributed by atoms with Gasteiger partial charge in [0.25, 0.3) is 5.91 Å². The molecule has 2 unspecified atom stereocenters. The van der Waals surface area contributed by atoms with Gasteiger partial charge in [0.15, 0.2) is 0 Å². The molecular formula is C19H25N3O3. The summed E-state index contributed by atoms with van der Waals surface area (Å²) in [4.78, 5) is 33.9. The molecule has 6 nitrogen and oxygen atoms in total. The Bertz CT molecular complexity index is 674. The first-order chi connectivity index (χ1) is 12.2. The van der Waals surface area contributed by atoms with E-state index in [1.54, 1.807) is 18.3 Å². The van der Waals surface area contributed by atoms with Crippen molar-refractivity contribution in [3.05, 3.63) is 23.9 Å². The van der Waals surface area contributed by atoms with Crippen LogP contribution < -0.4 is 4.74 Å². The minimum atomic E-state index is -0.0300. The minimum absolute atomic E-state index is 0.0300. The van der Waals surface area contributed by atoms with Crippen LogP contribution in [0.25, 0.3) is 0 Å². The van der Waals surface area contributed by atoms with Crippen LogP contribution in [0, 0.1) is 11.8 Å². The molecule has 2 atom stereocenters. The molecule has 1 aliphatic carbocycles.